The van der Waals surface area contributed by atoms with E-state index < -0.39 is 5.97 Å². The summed E-state index contributed by atoms with van der Waals surface area (Å²) < 4.78 is 10.1. The van der Waals surface area contributed by atoms with E-state index in [-0.39, 0.29) is 0 Å². The second-order valence-electron chi connectivity index (χ2n) is 5.26. The number of nitrogen functional groups attached to an aromatic ring is 1. The van der Waals surface area contributed by atoms with Gasteiger partial charge in [-0.15, -0.1) is 0 Å². The molecule has 0 aliphatic heterocycles. The lowest BCUT2D eigenvalue weighted by molar-refractivity contribution is 0.0602. The van der Waals surface area contributed by atoms with E-state index in [4.69, 9.17) is 15.2 Å². The summed E-state index contributed by atoms with van der Waals surface area (Å²) in [5, 5.41) is 3.45. The van der Waals surface area contributed by atoms with Gasteiger partial charge in [0.25, 0.3) is 0 Å². The zero-order valence-corrected chi connectivity index (χ0v) is 12.2. The van der Waals surface area contributed by atoms with Gasteiger partial charge < -0.3 is 20.5 Å². The molecule has 0 radical (unpaired) electrons. The SMILES string of the molecule is COC(=O)c1cc(NC2CCC(OC)C2)cc(C)c1N. The second-order valence-corrected chi connectivity index (χ2v) is 5.26. The summed E-state index contributed by atoms with van der Waals surface area (Å²) in [5.74, 6) is -0.407. The number of nitrogens with two attached hydrogens (primary N) is 1. The van der Waals surface area contributed by atoms with E-state index in [1.54, 1.807) is 13.2 Å². The highest BCUT2D eigenvalue weighted by Gasteiger charge is 2.24. The molecule has 2 unspecified atom stereocenters. The van der Waals surface area contributed by atoms with Crippen LogP contribution in [0.5, 0.6) is 0 Å². The second kappa shape index (κ2) is 6.13. The minimum Gasteiger partial charge on any atom is -0.465 e. The summed E-state index contributed by atoms with van der Waals surface area (Å²) >= 11 is 0. The molecule has 1 aliphatic rings. The number of esters is 1. The molecule has 2 atom stereocenters. The maximum Gasteiger partial charge on any atom is 0.340 e. The fourth-order valence-corrected chi connectivity index (χ4v) is 2.68. The van der Waals surface area contributed by atoms with Crippen LogP contribution in [0.1, 0.15) is 35.2 Å². The van der Waals surface area contributed by atoms with Gasteiger partial charge in [0.05, 0.1) is 18.8 Å². The number of benzene rings is 1. The Labute approximate surface area is 119 Å². The Balaban J connectivity index is 2.16. The van der Waals surface area contributed by atoms with Crippen LogP contribution in [0.2, 0.25) is 0 Å². The molecule has 1 aromatic carbocycles. The number of anilines is 2. The van der Waals surface area contributed by atoms with Gasteiger partial charge in [-0.05, 0) is 43.9 Å². The maximum absolute atomic E-state index is 11.7. The van der Waals surface area contributed by atoms with Crippen molar-refractivity contribution >= 4 is 17.3 Å². The molecule has 20 heavy (non-hydrogen) atoms. The summed E-state index contributed by atoms with van der Waals surface area (Å²) in [5.41, 5.74) is 8.59. The third-order valence-corrected chi connectivity index (χ3v) is 3.88. The molecular weight excluding hydrogens is 256 g/mol. The van der Waals surface area contributed by atoms with Gasteiger partial charge in [0.1, 0.15) is 0 Å². The van der Waals surface area contributed by atoms with Crippen molar-refractivity contribution in [2.75, 3.05) is 25.3 Å². The minimum absolute atomic E-state index is 0.322. The molecule has 0 bridgehead atoms. The van der Waals surface area contributed by atoms with Crippen molar-refractivity contribution in [2.24, 2.45) is 0 Å². The van der Waals surface area contributed by atoms with Crippen LogP contribution in [0, 0.1) is 6.92 Å². The van der Waals surface area contributed by atoms with Crippen molar-refractivity contribution < 1.29 is 14.3 Å². The Morgan fingerprint density at radius 1 is 1.35 bits per heavy atom. The van der Waals surface area contributed by atoms with Crippen molar-refractivity contribution in [3.05, 3.63) is 23.3 Å². The van der Waals surface area contributed by atoms with E-state index in [0.29, 0.717) is 23.4 Å². The van der Waals surface area contributed by atoms with Crippen molar-refractivity contribution in [3.63, 3.8) is 0 Å². The number of ether oxygens (including phenoxy) is 2. The normalized spacial score (nSPS) is 21.8. The predicted molar refractivity (Wildman–Crippen MR) is 79.0 cm³/mol. The molecule has 3 N–H and O–H groups in total. The number of aryl methyl sites for hydroxylation is 1. The number of carbonyl (C=O) groups is 1. The van der Waals surface area contributed by atoms with Crippen LogP contribution in [0.25, 0.3) is 0 Å². The van der Waals surface area contributed by atoms with E-state index in [1.807, 2.05) is 13.0 Å². The van der Waals surface area contributed by atoms with Crippen LogP contribution in [-0.4, -0.2) is 32.3 Å². The summed E-state index contributed by atoms with van der Waals surface area (Å²) in [7, 11) is 3.10. The van der Waals surface area contributed by atoms with Crippen molar-refractivity contribution in [2.45, 2.75) is 38.3 Å². The zero-order chi connectivity index (χ0) is 14.7. The predicted octanol–water partition coefficient (Wildman–Crippen LogP) is 2.34. The van der Waals surface area contributed by atoms with Gasteiger partial charge in [-0.2, -0.15) is 0 Å². The van der Waals surface area contributed by atoms with Gasteiger partial charge in [0, 0.05) is 24.5 Å². The molecule has 110 valence electrons. The van der Waals surface area contributed by atoms with E-state index in [1.165, 1.54) is 7.11 Å². The summed E-state index contributed by atoms with van der Waals surface area (Å²) in [4.78, 5) is 11.7. The molecule has 5 heteroatoms. The summed E-state index contributed by atoms with van der Waals surface area (Å²) in [6.07, 6.45) is 3.43. The molecule has 1 aromatic rings. The smallest absolute Gasteiger partial charge is 0.340 e. The summed E-state index contributed by atoms with van der Waals surface area (Å²) in [6, 6.07) is 4.09. The van der Waals surface area contributed by atoms with E-state index >= 15 is 0 Å². The van der Waals surface area contributed by atoms with Crippen LogP contribution in [0.3, 0.4) is 0 Å². The molecule has 0 heterocycles. The number of carbonyl (C=O) groups excluding carboxylic acids is 1. The molecule has 1 aliphatic carbocycles. The van der Waals surface area contributed by atoms with Crippen LogP contribution >= 0.6 is 0 Å². The Morgan fingerprint density at radius 3 is 2.70 bits per heavy atom. The average Bonchev–Trinajstić information content (AvgIpc) is 2.89. The highest BCUT2D eigenvalue weighted by atomic mass is 16.5. The van der Waals surface area contributed by atoms with Crippen molar-refractivity contribution in [3.8, 4) is 0 Å². The van der Waals surface area contributed by atoms with E-state index in [9.17, 15) is 4.79 Å². The molecule has 2 rings (SSSR count). The van der Waals surface area contributed by atoms with Crippen LogP contribution in [0.15, 0.2) is 12.1 Å². The lowest BCUT2D eigenvalue weighted by atomic mass is 10.1. The first-order chi connectivity index (χ1) is 9.55. The van der Waals surface area contributed by atoms with Crippen LogP contribution in [-0.2, 0) is 9.47 Å². The van der Waals surface area contributed by atoms with Crippen molar-refractivity contribution in [1.82, 2.24) is 0 Å². The molecule has 0 spiro atoms. The van der Waals surface area contributed by atoms with Gasteiger partial charge in [0.15, 0.2) is 0 Å². The largest absolute Gasteiger partial charge is 0.465 e. The minimum atomic E-state index is -0.407. The highest BCUT2D eigenvalue weighted by Crippen LogP contribution is 2.28. The number of rotatable bonds is 4. The lowest BCUT2D eigenvalue weighted by Crippen LogP contribution is -2.18. The van der Waals surface area contributed by atoms with Crippen LogP contribution in [0.4, 0.5) is 11.4 Å². The quantitative estimate of drug-likeness (QED) is 0.653. The number of methoxy groups -OCH3 is 2. The zero-order valence-electron chi connectivity index (χ0n) is 12.2. The van der Waals surface area contributed by atoms with Crippen LogP contribution < -0.4 is 11.1 Å². The average molecular weight is 278 g/mol. The summed E-state index contributed by atoms with van der Waals surface area (Å²) in [6.45, 7) is 1.89. The third-order valence-electron chi connectivity index (χ3n) is 3.88. The number of hydrogen-bond donors (Lipinski definition) is 2. The number of hydrogen-bond acceptors (Lipinski definition) is 5. The molecule has 0 aromatic heterocycles. The van der Waals surface area contributed by atoms with Gasteiger partial charge >= 0.3 is 5.97 Å². The Kier molecular flexibility index (Phi) is 4.49. The van der Waals surface area contributed by atoms with E-state index in [0.717, 1.165) is 30.5 Å². The highest BCUT2D eigenvalue weighted by molar-refractivity contribution is 5.97. The Hall–Kier alpha value is -1.75. The topological polar surface area (TPSA) is 73.6 Å². The first-order valence-electron chi connectivity index (χ1n) is 6.83. The fraction of sp³-hybridized carbons (Fsp3) is 0.533. The monoisotopic (exact) mass is 278 g/mol. The molecule has 1 saturated carbocycles. The van der Waals surface area contributed by atoms with Gasteiger partial charge in [-0.3, -0.25) is 0 Å². The number of nitrogens with one attached hydrogen (secondary N) is 1. The van der Waals surface area contributed by atoms with Crippen molar-refractivity contribution in [1.29, 1.82) is 0 Å². The fourth-order valence-electron chi connectivity index (χ4n) is 2.68. The van der Waals surface area contributed by atoms with Gasteiger partial charge in [0.2, 0.25) is 0 Å². The Bertz CT molecular complexity index is 502. The third kappa shape index (κ3) is 3.04. The first kappa shape index (κ1) is 14.7. The standard InChI is InChI=1S/C15H22N2O3/c1-9-6-11(8-13(14(9)16)15(18)20-3)17-10-4-5-12(7-10)19-2/h6,8,10,12,17H,4-5,7,16H2,1-3H3. The van der Waals surface area contributed by atoms with Gasteiger partial charge in [-0.1, -0.05) is 0 Å². The first-order valence-corrected chi connectivity index (χ1v) is 6.83. The molecular formula is C15H22N2O3. The van der Waals surface area contributed by atoms with Gasteiger partial charge in [-0.25, -0.2) is 4.79 Å². The molecule has 5 nitrogen and oxygen atoms in total. The Morgan fingerprint density at radius 2 is 2.10 bits per heavy atom. The molecule has 1 fully saturated rings. The molecule has 0 saturated heterocycles. The van der Waals surface area contributed by atoms with E-state index in [2.05, 4.69) is 5.32 Å². The molecule has 0 amide bonds. The maximum atomic E-state index is 11.7. The lowest BCUT2D eigenvalue weighted by Gasteiger charge is -2.17.